The second-order valence-corrected chi connectivity index (χ2v) is 4.41. The molecule has 1 aromatic rings. The van der Waals surface area contributed by atoms with Crippen LogP contribution in [0.3, 0.4) is 0 Å². The van der Waals surface area contributed by atoms with E-state index in [1.165, 1.54) is 0 Å². The van der Waals surface area contributed by atoms with Crippen molar-refractivity contribution in [2.45, 2.75) is 25.7 Å². The number of benzene rings is 1. The van der Waals surface area contributed by atoms with Gasteiger partial charge in [-0.3, -0.25) is 9.59 Å². The molecule has 1 atom stereocenters. The first-order chi connectivity index (χ1) is 8.25. The van der Waals surface area contributed by atoms with Crippen LogP contribution in [0.2, 0.25) is 0 Å². The molecule has 1 aromatic carbocycles. The molecule has 1 aliphatic heterocycles. The fraction of sp³-hybridized carbons (Fsp3) is 0.429. The summed E-state index contributed by atoms with van der Waals surface area (Å²) < 4.78 is 4.97. The average molecular weight is 232 g/mol. The standard InChI is InChI=1S/C14H16O3/c15-13(12-4-2-1-3-5-12)10-11-6-7-14(16)17-9-8-11/h1-5,11H,6-10H2. The van der Waals surface area contributed by atoms with E-state index in [1.54, 1.807) is 0 Å². The van der Waals surface area contributed by atoms with E-state index in [9.17, 15) is 9.59 Å². The summed E-state index contributed by atoms with van der Waals surface area (Å²) in [5, 5.41) is 0. The number of carbonyl (C=O) groups excluding carboxylic acids is 2. The summed E-state index contributed by atoms with van der Waals surface area (Å²) in [5.74, 6) is 0.291. The Morgan fingerprint density at radius 3 is 2.76 bits per heavy atom. The maximum atomic E-state index is 12.0. The normalized spacial score (nSPS) is 20.5. The van der Waals surface area contributed by atoms with E-state index >= 15 is 0 Å². The Bertz CT molecular complexity index is 397. The Kier molecular flexibility index (Phi) is 3.91. The molecular weight excluding hydrogens is 216 g/mol. The van der Waals surface area contributed by atoms with Crippen molar-refractivity contribution in [2.75, 3.05) is 6.61 Å². The van der Waals surface area contributed by atoms with Gasteiger partial charge >= 0.3 is 5.97 Å². The summed E-state index contributed by atoms with van der Waals surface area (Å²) in [4.78, 5) is 23.1. The summed E-state index contributed by atoms with van der Waals surface area (Å²) in [5.41, 5.74) is 0.754. The Balaban J connectivity index is 1.92. The number of cyclic esters (lactones) is 1. The predicted molar refractivity (Wildman–Crippen MR) is 63.7 cm³/mol. The third kappa shape index (κ3) is 3.41. The molecule has 2 rings (SSSR count). The molecule has 0 aromatic heterocycles. The molecule has 90 valence electrons. The summed E-state index contributed by atoms with van der Waals surface area (Å²) in [6, 6.07) is 9.30. The molecule has 0 radical (unpaired) electrons. The van der Waals surface area contributed by atoms with Gasteiger partial charge in [-0.1, -0.05) is 30.3 Å². The number of hydrogen-bond acceptors (Lipinski definition) is 3. The van der Waals surface area contributed by atoms with E-state index < -0.39 is 0 Å². The molecule has 0 aliphatic carbocycles. The zero-order chi connectivity index (χ0) is 12.1. The lowest BCUT2D eigenvalue weighted by molar-refractivity contribution is -0.142. The van der Waals surface area contributed by atoms with Gasteiger partial charge in [-0.25, -0.2) is 0 Å². The van der Waals surface area contributed by atoms with Crippen molar-refractivity contribution in [2.24, 2.45) is 5.92 Å². The van der Waals surface area contributed by atoms with Crippen molar-refractivity contribution in [3.05, 3.63) is 35.9 Å². The second kappa shape index (κ2) is 5.62. The average Bonchev–Trinajstić information content (AvgIpc) is 2.56. The van der Waals surface area contributed by atoms with Crippen molar-refractivity contribution in [3.8, 4) is 0 Å². The molecule has 1 heterocycles. The lowest BCUT2D eigenvalue weighted by Crippen LogP contribution is -2.09. The second-order valence-electron chi connectivity index (χ2n) is 4.41. The number of hydrogen-bond donors (Lipinski definition) is 0. The van der Waals surface area contributed by atoms with Crippen molar-refractivity contribution in [1.82, 2.24) is 0 Å². The highest BCUT2D eigenvalue weighted by molar-refractivity contribution is 5.96. The molecule has 3 nitrogen and oxygen atoms in total. The number of carbonyl (C=O) groups is 2. The molecule has 1 unspecified atom stereocenters. The fourth-order valence-corrected chi connectivity index (χ4v) is 2.09. The van der Waals surface area contributed by atoms with E-state index in [0.29, 0.717) is 19.4 Å². The number of Topliss-reactive ketones (excluding diaryl/α,β-unsaturated/α-hetero) is 1. The Morgan fingerprint density at radius 2 is 2.00 bits per heavy atom. The van der Waals surface area contributed by atoms with Crippen LogP contribution < -0.4 is 0 Å². The first-order valence-electron chi connectivity index (χ1n) is 5.99. The number of ether oxygens (including phenoxy) is 1. The zero-order valence-corrected chi connectivity index (χ0v) is 9.72. The van der Waals surface area contributed by atoms with Crippen LogP contribution in [0.4, 0.5) is 0 Å². The molecule has 0 N–H and O–H groups in total. The molecule has 0 amide bonds. The molecular formula is C14H16O3. The van der Waals surface area contributed by atoms with E-state index in [-0.39, 0.29) is 17.7 Å². The first kappa shape index (κ1) is 11.8. The van der Waals surface area contributed by atoms with Gasteiger partial charge in [0.2, 0.25) is 0 Å². The topological polar surface area (TPSA) is 43.4 Å². The Labute approximate surface area is 101 Å². The van der Waals surface area contributed by atoms with Gasteiger partial charge in [0.05, 0.1) is 6.61 Å². The van der Waals surface area contributed by atoms with Crippen LogP contribution in [0.5, 0.6) is 0 Å². The molecule has 17 heavy (non-hydrogen) atoms. The largest absolute Gasteiger partial charge is 0.466 e. The molecule has 0 spiro atoms. The summed E-state index contributed by atoms with van der Waals surface area (Å²) >= 11 is 0. The lowest BCUT2D eigenvalue weighted by atomic mass is 9.92. The quantitative estimate of drug-likeness (QED) is 0.594. The third-order valence-electron chi connectivity index (χ3n) is 3.12. The monoisotopic (exact) mass is 232 g/mol. The first-order valence-corrected chi connectivity index (χ1v) is 5.99. The van der Waals surface area contributed by atoms with Crippen LogP contribution >= 0.6 is 0 Å². The van der Waals surface area contributed by atoms with E-state index in [4.69, 9.17) is 4.74 Å². The Morgan fingerprint density at radius 1 is 1.24 bits per heavy atom. The minimum atomic E-state index is -0.139. The van der Waals surface area contributed by atoms with Crippen LogP contribution in [0.1, 0.15) is 36.0 Å². The number of esters is 1. The molecule has 1 fully saturated rings. The van der Waals surface area contributed by atoms with Gasteiger partial charge < -0.3 is 4.74 Å². The van der Waals surface area contributed by atoms with Gasteiger partial charge in [-0.15, -0.1) is 0 Å². The number of rotatable bonds is 3. The molecule has 0 bridgehead atoms. The maximum absolute atomic E-state index is 12.0. The predicted octanol–water partition coefficient (Wildman–Crippen LogP) is 2.60. The maximum Gasteiger partial charge on any atom is 0.305 e. The third-order valence-corrected chi connectivity index (χ3v) is 3.12. The number of ketones is 1. The van der Waals surface area contributed by atoms with Gasteiger partial charge in [0.15, 0.2) is 5.78 Å². The van der Waals surface area contributed by atoms with Gasteiger partial charge in [0, 0.05) is 18.4 Å². The van der Waals surface area contributed by atoms with Crippen molar-refractivity contribution in [1.29, 1.82) is 0 Å². The van der Waals surface area contributed by atoms with Gasteiger partial charge in [0.1, 0.15) is 0 Å². The van der Waals surface area contributed by atoms with Crippen LogP contribution in [-0.2, 0) is 9.53 Å². The highest BCUT2D eigenvalue weighted by atomic mass is 16.5. The van der Waals surface area contributed by atoms with Crippen molar-refractivity contribution < 1.29 is 14.3 Å². The minimum absolute atomic E-state index is 0.139. The lowest BCUT2D eigenvalue weighted by Gasteiger charge is -2.11. The summed E-state index contributed by atoms with van der Waals surface area (Å²) in [6.45, 7) is 0.450. The molecule has 3 heteroatoms. The molecule has 0 saturated carbocycles. The van der Waals surface area contributed by atoms with Gasteiger partial charge in [0.25, 0.3) is 0 Å². The highest BCUT2D eigenvalue weighted by Crippen LogP contribution is 2.21. The fourth-order valence-electron chi connectivity index (χ4n) is 2.09. The van der Waals surface area contributed by atoms with Crippen LogP contribution in [0, 0.1) is 5.92 Å². The summed E-state index contributed by atoms with van der Waals surface area (Å²) in [7, 11) is 0. The highest BCUT2D eigenvalue weighted by Gasteiger charge is 2.20. The SMILES string of the molecule is O=C1CCC(CC(=O)c2ccccc2)CCO1. The van der Waals surface area contributed by atoms with Crippen molar-refractivity contribution >= 4 is 11.8 Å². The summed E-state index contributed by atoms with van der Waals surface area (Å²) in [6.07, 6.45) is 2.51. The van der Waals surface area contributed by atoms with Gasteiger partial charge in [-0.2, -0.15) is 0 Å². The van der Waals surface area contributed by atoms with E-state index in [0.717, 1.165) is 18.4 Å². The van der Waals surface area contributed by atoms with Crippen LogP contribution in [0.25, 0.3) is 0 Å². The van der Waals surface area contributed by atoms with Crippen LogP contribution in [-0.4, -0.2) is 18.4 Å². The van der Waals surface area contributed by atoms with Gasteiger partial charge in [-0.05, 0) is 18.8 Å². The minimum Gasteiger partial charge on any atom is -0.466 e. The molecule has 1 aliphatic rings. The smallest absolute Gasteiger partial charge is 0.305 e. The Hall–Kier alpha value is -1.64. The molecule has 1 saturated heterocycles. The van der Waals surface area contributed by atoms with Crippen LogP contribution in [0.15, 0.2) is 30.3 Å². The van der Waals surface area contributed by atoms with E-state index in [2.05, 4.69) is 0 Å². The van der Waals surface area contributed by atoms with E-state index in [1.807, 2.05) is 30.3 Å². The zero-order valence-electron chi connectivity index (χ0n) is 9.72. The van der Waals surface area contributed by atoms with Crippen molar-refractivity contribution in [3.63, 3.8) is 0 Å².